The van der Waals surface area contributed by atoms with Gasteiger partial charge in [-0.2, -0.15) is 0 Å². The molecule has 0 N–H and O–H groups in total. The molecule has 310 valence electrons. The molecule has 0 fully saturated rings. The third kappa shape index (κ3) is 5.42. The summed E-state index contributed by atoms with van der Waals surface area (Å²) in [6, 6.07) is 94.2. The number of hydrogen-bond acceptors (Lipinski definition) is 2. The number of fused-ring (bicyclic) bond motifs is 7. The Morgan fingerprint density at radius 3 is 1.45 bits per heavy atom. The lowest BCUT2D eigenvalue weighted by Crippen LogP contribution is -2.30. The molecule has 13 rings (SSSR count). The van der Waals surface area contributed by atoms with Gasteiger partial charge in [-0.3, -0.25) is 0 Å². The summed E-state index contributed by atoms with van der Waals surface area (Å²) < 4.78 is 5.72. The fourth-order valence-electron chi connectivity index (χ4n) is 11.7. The Labute approximate surface area is 385 Å². The number of rotatable bonds is 8. The summed E-state index contributed by atoms with van der Waals surface area (Å²) in [5.74, 6) is 0. The minimum atomic E-state index is -0.628. The first-order chi connectivity index (χ1) is 32.8. The normalized spacial score (nSPS) is 13.7. The lowest BCUT2D eigenvalue weighted by Gasteiger charge is -2.38. The quantitative estimate of drug-likeness (QED) is 0.152. The van der Waals surface area contributed by atoms with E-state index in [0.29, 0.717) is 0 Å². The molecule has 66 heavy (non-hydrogen) atoms. The summed E-state index contributed by atoms with van der Waals surface area (Å²) in [6.45, 7) is 0. The van der Waals surface area contributed by atoms with Crippen LogP contribution < -0.4 is 4.90 Å². The Morgan fingerprint density at radius 2 is 0.818 bits per heavy atom. The molecule has 0 amide bonds. The summed E-state index contributed by atoms with van der Waals surface area (Å²) in [7, 11) is 0. The summed E-state index contributed by atoms with van der Waals surface area (Å²) in [5.41, 5.74) is 20.3. The molecule has 2 aliphatic rings. The van der Waals surface area contributed by atoms with Crippen molar-refractivity contribution < 1.29 is 4.42 Å². The van der Waals surface area contributed by atoms with Crippen LogP contribution in [0.5, 0.6) is 0 Å². The summed E-state index contributed by atoms with van der Waals surface area (Å²) in [5, 5.41) is 1.09. The Morgan fingerprint density at radius 1 is 0.333 bits per heavy atom. The molecule has 0 bridgehead atoms. The first-order valence-corrected chi connectivity index (χ1v) is 22.8. The van der Waals surface area contributed by atoms with Crippen LogP contribution >= 0.6 is 0 Å². The van der Waals surface area contributed by atoms with Crippen LogP contribution in [0, 0.1) is 0 Å². The smallest absolute Gasteiger partial charge is 0.133 e. The van der Waals surface area contributed by atoms with Crippen molar-refractivity contribution in [2.24, 2.45) is 0 Å². The monoisotopic (exact) mass is 841 g/mol. The van der Waals surface area contributed by atoms with Crippen molar-refractivity contribution in [3.8, 4) is 33.4 Å². The first-order valence-electron chi connectivity index (χ1n) is 22.8. The predicted octanol–water partition coefficient (Wildman–Crippen LogP) is 16.3. The van der Waals surface area contributed by atoms with Gasteiger partial charge in [0, 0.05) is 22.2 Å². The zero-order valence-corrected chi connectivity index (χ0v) is 36.2. The van der Waals surface area contributed by atoms with Crippen LogP contribution in [0.25, 0.3) is 44.3 Å². The molecule has 0 saturated heterocycles. The highest BCUT2D eigenvalue weighted by Gasteiger charge is 2.50. The van der Waals surface area contributed by atoms with E-state index < -0.39 is 10.8 Å². The van der Waals surface area contributed by atoms with Crippen molar-refractivity contribution in [3.05, 3.63) is 306 Å². The maximum Gasteiger partial charge on any atom is 0.133 e. The number of anilines is 3. The summed E-state index contributed by atoms with van der Waals surface area (Å²) >= 11 is 0. The number of furan rings is 1. The third-order valence-electron chi connectivity index (χ3n) is 14.3. The van der Waals surface area contributed by atoms with Crippen molar-refractivity contribution in [3.63, 3.8) is 0 Å². The van der Waals surface area contributed by atoms with Crippen molar-refractivity contribution >= 4 is 28.0 Å². The van der Waals surface area contributed by atoms with Gasteiger partial charge in [-0.1, -0.05) is 212 Å². The maximum absolute atomic E-state index is 5.72. The molecule has 0 radical (unpaired) electrons. The Kier molecular flexibility index (Phi) is 8.69. The van der Waals surface area contributed by atoms with Gasteiger partial charge in [0.1, 0.15) is 5.58 Å². The molecular formula is C64H43NO. The van der Waals surface area contributed by atoms with Gasteiger partial charge >= 0.3 is 0 Å². The highest BCUT2D eigenvalue weighted by molar-refractivity contribution is 6.01. The van der Waals surface area contributed by atoms with Gasteiger partial charge in [-0.15, -0.1) is 0 Å². The van der Waals surface area contributed by atoms with Crippen molar-refractivity contribution in [2.45, 2.75) is 10.8 Å². The van der Waals surface area contributed by atoms with E-state index in [1.165, 1.54) is 66.8 Å². The second-order valence-electron chi connectivity index (χ2n) is 17.5. The number of benzene rings is 10. The van der Waals surface area contributed by atoms with E-state index in [1.54, 1.807) is 6.26 Å². The summed E-state index contributed by atoms with van der Waals surface area (Å²) in [4.78, 5) is 2.57. The molecule has 11 aromatic rings. The van der Waals surface area contributed by atoms with E-state index in [9.17, 15) is 0 Å². The SMILES string of the molecule is c1ccc(C2(c3ccccc3)c3ccccc3-c3c(N(c4ccc(-c5ccc6occc6c5)cc4)c4cccc5c4C(c4ccccc4)(c4ccccc4)c4ccccc4-5)cccc32)cc1. The van der Waals surface area contributed by atoms with Crippen molar-refractivity contribution in [1.82, 2.24) is 0 Å². The molecule has 1 heterocycles. The van der Waals surface area contributed by atoms with Gasteiger partial charge < -0.3 is 9.32 Å². The second-order valence-corrected chi connectivity index (χ2v) is 17.5. The maximum atomic E-state index is 5.72. The predicted molar refractivity (Wildman–Crippen MR) is 271 cm³/mol. The molecule has 0 atom stereocenters. The minimum absolute atomic E-state index is 0.557. The third-order valence-corrected chi connectivity index (χ3v) is 14.3. The van der Waals surface area contributed by atoms with E-state index in [0.717, 1.165) is 39.2 Å². The van der Waals surface area contributed by atoms with Crippen molar-refractivity contribution in [1.29, 1.82) is 0 Å². The van der Waals surface area contributed by atoms with Gasteiger partial charge in [0.05, 0.1) is 28.5 Å². The van der Waals surface area contributed by atoms with Crippen LogP contribution in [-0.2, 0) is 10.8 Å². The molecular weight excluding hydrogens is 799 g/mol. The molecule has 0 unspecified atom stereocenters. The molecule has 0 aliphatic heterocycles. The van der Waals surface area contributed by atoms with Gasteiger partial charge in [0.2, 0.25) is 0 Å². The van der Waals surface area contributed by atoms with E-state index in [2.05, 4.69) is 254 Å². The fraction of sp³-hybridized carbons (Fsp3) is 0.0312. The van der Waals surface area contributed by atoms with E-state index >= 15 is 0 Å². The largest absolute Gasteiger partial charge is 0.464 e. The summed E-state index contributed by atoms with van der Waals surface area (Å²) in [6.07, 6.45) is 1.76. The van der Waals surface area contributed by atoms with Gasteiger partial charge in [-0.25, -0.2) is 0 Å². The van der Waals surface area contributed by atoms with E-state index in [-0.39, 0.29) is 0 Å². The van der Waals surface area contributed by atoms with Crippen LogP contribution in [-0.4, -0.2) is 0 Å². The zero-order chi connectivity index (χ0) is 43.7. The lowest BCUT2D eigenvalue weighted by molar-refractivity contribution is 0.616. The van der Waals surface area contributed by atoms with Gasteiger partial charge in [0.25, 0.3) is 0 Å². The number of nitrogens with zero attached hydrogens (tertiary/aromatic N) is 1. The van der Waals surface area contributed by atoms with Crippen LogP contribution in [0.1, 0.15) is 44.5 Å². The van der Waals surface area contributed by atoms with Gasteiger partial charge in [-0.05, 0) is 109 Å². The van der Waals surface area contributed by atoms with Crippen molar-refractivity contribution in [2.75, 3.05) is 4.90 Å². The molecule has 1 aromatic heterocycles. The highest BCUT2D eigenvalue weighted by Crippen LogP contribution is 2.63. The first kappa shape index (κ1) is 38.0. The molecule has 2 heteroatoms. The zero-order valence-electron chi connectivity index (χ0n) is 36.2. The molecule has 0 saturated carbocycles. The Hall–Kier alpha value is -8.46. The lowest BCUT2D eigenvalue weighted by atomic mass is 9.67. The Bertz CT molecular complexity index is 3490. The minimum Gasteiger partial charge on any atom is -0.464 e. The highest BCUT2D eigenvalue weighted by atomic mass is 16.3. The van der Waals surface area contributed by atoms with Crippen LogP contribution in [0.2, 0.25) is 0 Å². The topological polar surface area (TPSA) is 16.4 Å². The van der Waals surface area contributed by atoms with E-state index in [1.807, 2.05) is 6.07 Å². The van der Waals surface area contributed by atoms with Gasteiger partial charge in [0.15, 0.2) is 0 Å². The second kappa shape index (κ2) is 15.1. The van der Waals surface area contributed by atoms with Crippen LogP contribution in [0.15, 0.2) is 265 Å². The Balaban J connectivity index is 1.14. The molecule has 2 nitrogen and oxygen atoms in total. The molecule has 0 spiro atoms. The average molecular weight is 842 g/mol. The van der Waals surface area contributed by atoms with Crippen LogP contribution in [0.4, 0.5) is 17.1 Å². The van der Waals surface area contributed by atoms with Crippen LogP contribution in [0.3, 0.4) is 0 Å². The average Bonchev–Trinajstić information content (AvgIpc) is 4.09. The molecule has 2 aliphatic carbocycles. The standard InChI is InChI=1S/C64H43NO/c1-5-19-47(20-6-1)63(48-21-7-2-8-22-48)56-31-16-14-28-54(56)61-57(63)32-18-33-58(61)65(51-38-35-44(36-39-51)45-37-40-60-46(43-45)41-42-66-60)59-34-17-29-53-52-27-13-15-30-55(52)64(62(53)59,49-23-9-3-10-24-49)50-25-11-4-12-26-50/h1-43H. The fourth-order valence-corrected chi connectivity index (χ4v) is 11.7. The molecule has 10 aromatic carbocycles. The number of hydrogen-bond donors (Lipinski definition) is 0. The van der Waals surface area contributed by atoms with E-state index in [4.69, 9.17) is 4.42 Å².